The van der Waals surface area contributed by atoms with E-state index in [1.54, 1.807) is 17.0 Å². The van der Waals surface area contributed by atoms with E-state index in [9.17, 15) is 9.59 Å². The summed E-state index contributed by atoms with van der Waals surface area (Å²) >= 11 is 0. The Morgan fingerprint density at radius 3 is 2.21 bits per heavy atom. The van der Waals surface area contributed by atoms with Crippen LogP contribution in [-0.2, 0) is 9.59 Å². The normalized spacial score (nSPS) is 14.3. The summed E-state index contributed by atoms with van der Waals surface area (Å²) in [4.78, 5) is 27.2. The van der Waals surface area contributed by atoms with Gasteiger partial charge in [0, 0.05) is 38.6 Å². The van der Waals surface area contributed by atoms with E-state index in [2.05, 4.69) is 5.32 Å². The van der Waals surface area contributed by atoms with Gasteiger partial charge in [-0.3, -0.25) is 9.59 Å². The lowest BCUT2D eigenvalue weighted by Crippen LogP contribution is -2.37. The van der Waals surface area contributed by atoms with E-state index in [-0.39, 0.29) is 0 Å². The molecule has 0 bridgehead atoms. The molecule has 5 heteroatoms. The Bertz CT molecular complexity index is 462. The van der Waals surface area contributed by atoms with Crippen molar-refractivity contribution in [1.82, 2.24) is 4.90 Å². The third-order valence-electron chi connectivity index (χ3n) is 3.23. The zero-order valence-corrected chi connectivity index (χ0v) is 11.3. The molecule has 1 saturated heterocycles. The second-order valence-corrected chi connectivity index (χ2v) is 4.89. The van der Waals surface area contributed by atoms with Crippen molar-refractivity contribution in [1.29, 1.82) is 0 Å². The standard InChI is InChI=1S/C14H19N3O2/c1-16(2)12-7-5-11(6-8-12)15-13(18)14(19)17-9-3-4-10-17/h5-8H,3-4,9-10H2,1-2H3,(H,15,18). The van der Waals surface area contributed by atoms with E-state index in [1.807, 2.05) is 31.1 Å². The monoisotopic (exact) mass is 261 g/mol. The molecule has 0 saturated carbocycles. The highest BCUT2D eigenvalue weighted by Gasteiger charge is 2.24. The molecule has 0 unspecified atom stereocenters. The first-order valence-corrected chi connectivity index (χ1v) is 6.45. The molecule has 0 radical (unpaired) electrons. The van der Waals surface area contributed by atoms with E-state index >= 15 is 0 Å². The molecule has 0 atom stereocenters. The van der Waals surface area contributed by atoms with Crippen molar-refractivity contribution < 1.29 is 9.59 Å². The minimum atomic E-state index is -0.556. The molecule has 1 aromatic carbocycles. The number of nitrogens with zero attached hydrogens (tertiary/aromatic N) is 2. The summed E-state index contributed by atoms with van der Waals surface area (Å²) in [6, 6.07) is 7.39. The number of carbonyl (C=O) groups excluding carboxylic acids is 2. The first-order valence-electron chi connectivity index (χ1n) is 6.45. The van der Waals surface area contributed by atoms with Gasteiger partial charge < -0.3 is 15.1 Å². The third-order valence-corrected chi connectivity index (χ3v) is 3.23. The number of likely N-dealkylation sites (tertiary alicyclic amines) is 1. The topological polar surface area (TPSA) is 52.7 Å². The van der Waals surface area contributed by atoms with E-state index < -0.39 is 11.8 Å². The predicted octanol–water partition coefficient (Wildman–Crippen LogP) is 1.31. The fourth-order valence-corrected chi connectivity index (χ4v) is 2.09. The van der Waals surface area contributed by atoms with Crippen molar-refractivity contribution in [3.8, 4) is 0 Å². The van der Waals surface area contributed by atoms with Gasteiger partial charge in [-0.2, -0.15) is 0 Å². The average molecular weight is 261 g/mol. The van der Waals surface area contributed by atoms with Gasteiger partial charge in [0.25, 0.3) is 0 Å². The Morgan fingerprint density at radius 1 is 1.11 bits per heavy atom. The van der Waals surface area contributed by atoms with Crippen molar-refractivity contribution in [3.63, 3.8) is 0 Å². The number of hydrogen-bond donors (Lipinski definition) is 1. The first kappa shape index (κ1) is 13.4. The molecule has 0 spiro atoms. The Hall–Kier alpha value is -2.04. The van der Waals surface area contributed by atoms with Gasteiger partial charge in [0.15, 0.2) is 0 Å². The van der Waals surface area contributed by atoms with Crippen molar-refractivity contribution >= 4 is 23.2 Å². The molecule has 5 nitrogen and oxygen atoms in total. The quantitative estimate of drug-likeness (QED) is 0.817. The molecule has 1 N–H and O–H groups in total. The second-order valence-electron chi connectivity index (χ2n) is 4.89. The Kier molecular flexibility index (Phi) is 4.04. The Morgan fingerprint density at radius 2 is 1.68 bits per heavy atom. The van der Waals surface area contributed by atoms with Crippen LogP contribution in [-0.4, -0.2) is 43.9 Å². The summed E-state index contributed by atoms with van der Waals surface area (Å²) in [6.07, 6.45) is 1.97. The van der Waals surface area contributed by atoms with Gasteiger partial charge in [0.1, 0.15) is 0 Å². The maximum absolute atomic E-state index is 11.8. The van der Waals surface area contributed by atoms with Crippen LogP contribution in [0.25, 0.3) is 0 Å². The zero-order chi connectivity index (χ0) is 13.8. The fourth-order valence-electron chi connectivity index (χ4n) is 2.09. The number of benzene rings is 1. The summed E-state index contributed by atoms with van der Waals surface area (Å²) in [5, 5.41) is 2.64. The molecule has 0 aliphatic carbocycles. The number of rotatable bonds is 2. The third kappa shape index (κ3) is 3.24. The van der Waals surface area contributed by atoms with Crippen molar-refractivity contribution in [2.45, 2.75) is 12.8 Å². The minimum Gasteiger partial charge on any atom is -0.378 e. The molecule has 2 amide bonds. The summed E-state index contributed by atoms with van der Waals surface area (Å²) in [5.74, 6) is -0.992. The van der Waals surface area contributed by atoms with Gasteiger partial charge in [-0.05, 0) is 37.1 Å². The second kappa shape index (κ2) is 5.73. The van der Waals surface area contributed by atoms with Crippen LogP contribution in [0.2, 0.25) is 0 Å². The summed E-state index contributed by atoms with van der Waals surface area (Å²) < 4.78 is 0. The summed E-state index contributed by atoms with van der Waals surface area (Å²) in [7, 11) is 3.90. The molecular formula is C14H19N3O2. The van der Waals surface area contributed by atoms with Gasteiger partial charge in [-0.25, -0.2) is 0 Å². The molecule has 0 aromatic heterocycles. The van der Waals surface area contributed by atoms with Crippen LogP contribution >= 0.6 is 0 Å². The summed E-state index contributed by atoms with van der Waals surface area (Å²) in [6.45, 7) is 1.37. The van der Waals surface area contributed by atoms with Gasteiger partial charge in [-0.15, -0.1) is 0 Å². The molecule has 1 aliphatic heterocycles. The number of anilines is 2. The van der Waals surface area contributed by atoms with Crippen LogP contribution in [0.15, 0.2) is 24.3 Å². The zero-order valence-electron chi connectivity index (χ0n) is 11.3. The number of nitrogens with one attached hydrogen (secondary N) is 1. The molecule has 19 heavy (non-hydrogen) atoms. The van der Waals surface area contributed by atoms with Gasteiger partial charge in [-0.1, -0.05) is 0 Å². The molecule has 1 heterocycles. The van der Waals surface area contributed by atoms with Crippen molar-refractivity contribution in [3.05, 3.63) is 24.3 Å². The van der Waals surface area contributed by atoms with Crippen LogP contribution < -0.4 is 10.2 Å². The first-order chi connectivity index (χ1) is 9.08. The van der Waals surface area contributed by atoms with Crippen LogP contribution in [0, 0.1) is 0 Å². The van der Waals surface area contributed by atoms with Crippen molar-refractivity contribution in [2.75, 3.05) is 37.4 Å². The lowest BCUT2D eigenvalue weighted by molar-refractivity contribution is -0.142. The molecule has 2 rings (SSSR count). The van der Waals surface area contributed by atoms with Gasteiger partial charge >= 0.3 is 11.8 Å². The van der Waals surface area contributed by atoms with Crippen LogP contribution in [0.5, 0.6) is 0 Å². The van der Waals surface area contributed by atoms with E-state index in [0.717, 1.165) is 18.5 Å². The van der Waals surface area contributed by atoms with E-state index in [1.165, 1.54) is 0 Å². The largest absolute Gasteiger partial charge is 0.378 e. The predicted molar refractivity (Wildman–Crippen MR) is 75.2 cm³/mol. The smallest absolute Gasteiger partial charge is 0.313 e. The number of amides is 2. The highest BCUT2D eigenvalue weighted by molar-refractivity contribution is 6.39. The minimum absolute atomic E-state index is 0.436. The number of carbonyl (C=O) groups is 2. The maximum atomic E-state index is 11.8. The lowest BCUT2D eigenvalue weighted by Gasteiger charge is -2.15. The van der Waals surface area contributed by atoms with Crippen LogP contribution in [0.1, 0.15) is 12.8 Å². The summed E-state index contributed by atoms with van der Waals surface area (Å²) in [5.41, 5.74) is 1.69. The lowest BCUT2D eigenvalue weighted by atomic mass is 10.2. The Labute approximate surface area is 113 Å². The fraction of sp³-hybridized carbons (Fsp3) is 0.429. The molecular weight excluding hydrogens is 242 g/mol. The molecule has 1 fully saturated rings. The van der Waals surface area contributed by atoms with Gasteiger partial charge in [0.2, 0.25) is 0 Å². The van der Waals surface area contributed by atoms with Crippen molar-refractivity contribution in [2.24, 2.45) is 0 Å². The Balaban J connectivity index is 1.96. The van der Waals surface area contributed by atoms with Gasteiger partial charge in [0.05, 0.1) is 0 Å². The highest BCUT2D eigenvalue weighted by atomic mass is 16.2. The SMILES string of the molecule is CN(C)c1ccc(NC(=O)C(=O)N2CCCC2)cc1. The highest BCUT2D eigenvalue weighted by Crippen LogP contribution is 2.16. The van der Waals surface area contributed by atoms with Crippen LogP contribution in [0.4, 0.5) is 11.4 Å². The number of hydrogen-bond acceptors (Lipinski definition) is 3. The van der Waals surface area contributed by atoms with Crippen LogP contribution in [0.3, 0.4) is 0 Å². The maximum Gasteiger partial charge on any atom is 0.313 e. The average Bonchev–Trinajstić information content (AvgIpc) is 2.92. The van der Waals surface area contributed by atoms with E-state index in [0.29, 0.717) is 18.8 Å². The molecule has 1 aromatic rings. The molecule has 102 valence electrons. The molecule has 1 aliphatic rings. The van der Waals surface area contributed by atoms with E-state index in [4.69, 9.17) is 0 Å².